The van der Waals surface area contributed by atoms with Crippen LogP contribution in [0.1, 0.15) is 0 Å². The third kappa shape index (κ3) is 2.44. The Morgan fingerprint density at radius 3 is 2.70 bits per heavy atom. The molecular weight excluding hydrogens is 358 g/mol. The highest BCUT2D eigenvalue weighted by atomic mass is 79.9. The second-order valence-electron chi connectivity index (χ2n) is 4.15. The molecule has 0 aliphatic carbocycles. The van der Waals surface area contributed by atoms with Crippen LogP contribution in [0.2, 0.25) is 5.02 Å². The Kier molecular flexibility index (Phi) is 3.74. The van der Waals surface area contributed by atoms with Crippen molar-refractivity contribution >= 4 is 39.7 Å². The highest BCUT2D eigenvalue weighted by Gasteiger charge is 2.12. The van der Waals surface area contributed by atoms with Gasteiger partial charge in [0, 0.05) is 15.1 Å². The summed E-state index contributed by atoms with van der Waals surface area (Å²) >= 11 is 14.9. The standard InChI is InChI=1S/C14H9BrClN3S/c15-11-6-1-2-7-12(11)19-13(17-18-14(19)20)9-4-3-5-10(16)8-9/h1-8H,(H,18,20). The van der Waals surface area contributed by atoms with Crippen LogP contribution >= 0.6 is 39.7 Å². The first-order chi connectivity index (χ1) is 9.66. The van der Waals surface area contributed by atoms with Crippen LogP contribution in [0, 0.1) is 4.77 Å². The van der Waals surface area contributed by atoms with Crippen LogP contribution < -0.4 is 0 Å². The van der Waals surface area contributed by atoms with Crippen molar-refractivity contribution in [1.29, 1.82) is 0 Å². The number of H-pyrrole nitrogens is 1. The molecule has 0 saturated carbocycles. The van der Waals surface area contributed by atoms with E-state index in [-0.39, 0.29) is 0 Å². The summed E-state index contributed by atoms with van der Waals surface area (Å²) in [6.07, 6.45) is 0. The normalized spacial score (nSPS) is 10.7. The van der Waals surface area contributed by atoms with Crippen molar-refractivity contribution in [3.63, 3.8) is 0 Å². The summed E-state index contributed by atoms with van der Waals surface area (Å²) in [7, 11) is 0. The summed E-state index contributed by atoms with van der Waals surface area (Å²) in [5.41, 5.74) is 1.84. The van der Waals surface area contributed by atoms with Gasteiger partial charge in [-0.25, -0.2) is 0 Å². The lowest BCUT2D eigenvalue weighted by Crippen LogP contribution is -1.98. The number of benzene rings is 2. The van der Waals surface area contributed by atoms with Gasteiger partial charge in [0.15, 0.2) is 10.6 Å². The third-order valence-electron chi connectivity index (χ3n) is 2.85. The molecule has 3 aromatic rings. The Morgan fingerprint density at radius 2 is 1.95 bits per heavy atom. The van der Waals surface area contributed by atoms with E-state index in [1.54, 1.807) is 0 Å². The maximum absolute atomic E-state index is 6.05. The van der Waals surface area contributed by atoms with Gasteiger partial charge in [-0.15, -0.1) is 0 Å². The number of rotatable bonds is 2. The number of nitrogens with zero attached hydrogens (tertiary/aromatic N) is 2. The number of halogens is 2. The molecule has 0 fully saturated rings. The van der Waals surface area contributed by atoms with Gasteiger partial charge in [-0.2, -0.15) is 5.10 Å². The first-order valence-corrected chi connectivity index (χ1v) is 7.43. The summed E-state index contributed by atoms with van der Waals surface area (Å²) in [6.45, 7) is 0. The minimum Gasteiger partial charge on any atom is -0.267 e. The van der Waals surface area contributed by atoms with E-state index in [2.05, 4.69) is 26.1 Å². The molecule has 0 amide bonds. The number of para-hydroxylation sites is 1. The molecule has 0 aliphatic heterocycles. The fourth-order valence-corrected chi connectivity index (χ4v) is 2.86. The average Bonchev–Trinajstić information content (AvgIpc) is 2.81. The minimum atomic E-state index is 0.534. The molecule has 0 bridgehead atoms. The minimum absolute atomic E-state index is 0.534. The second kappa shape index (κ2) is 5.52. The van der Waals surface area contributed by atoms with Crippen LogP contribution in [0.4, 0.5) is 0 Å². The SMILES string of the molecule is S=c1[nH]nc(-c2cccc(Cl)c2)n1-c1ccccc1Br. The van der Waals surface area contributed by atoms with Crippen molar-refractivity contribution in [2.75, 3.05) is 0 Å². The van der Waals surface area contributed by atoms with Gasteiger partial charge in [0.2, 0.25) is 0 Å². The summed E-state index contributed by atoms with van der Waals surface area (Å²) in [4.78, 5) is 0. The maximum atomic E-state index is 6.05. The maximum Gasteiger partial charge on any atom is 0.200 e. The lowest BCUT2D eigenvalue weighted by atomic mass is 10.2. The van der Waals surface area contributed by atoms with Crippen LogP contribution in [0.3, 0.4) is 0 Å². The molecular formula is C14H9BrClN3S. The lowest BCUT2D eigenvalue weighted by Gasteiger charge is -2.09. The highest BCUT2D eigenvalue weighted by molar-refractivity contribution is 9.10. The van der Waals surface area contributed by atoms with Crippen LogP contribution in [-0.2, 0) is 0 Å². The number of hydrogen-bond acceptors (Lipinski definition) is 2. The first kappa shape index (κ1) is 13.5. The van der Waals surface area contributed by atoms with Crippen LogP contribution in [0.25, 0.3) is 17.1 Å². The molecule has 1 aromatic heterocycles. The molecule has 0 saturated heterocycles. The molecule has 1 heterocycles. The first-order valence-electron chi connectivity index (χ1n) is 5.85. The molecule has 0 radical (unpaired) electrons. The Balaban J connectivity index is 2.26. The van der Waals surface area contributed by atoms with Crippen LogP contribution in [0.5, 0.6) is 0 Å². The summed E-state index contributed by atoms with van der Waals surface area (Å²) < 4.78 is 3.36. The molecule has 1 N–H and O–H groups in total. The van der Waals surface area contributed by atoms with Crippen molar-refractivity contribution < 1.29 is 0 Å². The second-order valence-corrected chi connectivity index (χ2v) is 5.83. The van der Waals surface area contributed by atoms with E-state index in [1.165, 1.54) is 0 Å². The van der Waals surface area contributed by atoms with Gasteiger partial charge < -0.3 is 0 Å². The summed E-state index contributed by atoms with van der Waals surface area (Å²) in [5.74, 6) is 0.726. The molecule has 3 rings (SSSR count). The van der Waals surface area contributed by atoms with E-state index in [9.17, 15) is 0 Å². The molecule has 0 unspecified atom stereocenters. The zero-order valence-corrected chi connectivity index (χ0v) is 13.3. The van der Waals surface area contributed by atoms with Crippen molar-refractivity contribution in [3.8, 4) is 17.1 Å². The Hall–Kier alpha value is -1.43. The molecule has 0 spiro atoms. The number of hydrogen-bond donors (Lipinski definition) is 1. The fourth-order valence-electron chi connectivity index (χ4n) is 1.97. The van der Waals surface area contributed by atoms with Crippen LogP contribution in [-0.4, -0.2) is 14.8 Å². The van der Waals surface area contributed by atoms with E-state index in [1.807, 2.05) is 53.1 Å². The number of aromatic amines is 1. The quantitative estimate of drug-likeness (QED) is 0.647. The molecule has 100 valence electrons. The van der Waals surface area contributed by atoms with Crippen molar-refractivity contribution in [2.24, 2.45) is 0 Å². The molecule has 0 aliphatic rings. The lowest BCUT2D eigenvalue weighted by molar-refractivity contribution is 1.03. The van der Waals surface area contributed by atoms with E-state index >= 15 is 0 Å². The van der Waals surface area contributed by atoms with E-state index < -0.39 is 0 Å². The van der Waals surface area contributed by atoms with Gasteiger partial charge in [0.25, 0.3) is 0 Å². The monoisotopic (exact) mass is 365 g/mol. The Morgan fingerprint density at radius 1 is 1.15 bits per heavy atom. The Bertz CT molecular complexity index is 825. The molecule has 6 heteroatoms. The predicted octanol–water partition coefficient (Wildman–Crippen LogP) is 5.01. The summed E-state index contributed by atoms with van der Waals surface area (Å²) in [6, 6.07) is 15.4. The largest absolute Gasteiger partial charge is 0.267 e. The van der Waals surface area contributed by atoms with E-state index in [4.69, 9.17) is 23.8 Å². The number of nitrogens with one attached hydrogen (secondary N) is 1. The molecule has 0 atom stereocenters. The molecule has 2 aromatic carbocycles. The van der Waals surface area contributed by atoms with Crippen molar-refractivity contribution in [1.82, 2.24) is 14.8 Å². The average molecular weight is 367 g/mol. The van der Waals surface area contributed by atoms with Gasteiger partial charge in [0.05, 0.1) is 5.69 Å². The van der Waals surface area contributed by atoms with Gasteiger partial charge >= 0.3 is 0 Å². The van der Waals surface area contributed by atoms with Gasteiger partial charge in [-0.05, 0) is 52.4 Å². The highest BCUT2D eigenvalue weighted by Crippen LogP contribution is 2.27. The van der Waals surface area contributed by atoms with Crippen molar-refractivity contribution in [2.45, 2.75) is 0 Å². The van der Waals surface area contributed by atoms with Crippen LogP contribution in [0.15, 0.2) is 53.0 Å². The molecule has 20 heavy (non-hydrogen) atoms. The van der Waals surface area contributed by atoms with Gasteiger partial charge in [-0.3, -0.25) is 9.67 Å². The molecule has 3 nitrogen and oxygen atoms in total. The van der Waals surface area contributed by atoms with E-state index in [0.29, 0.717) is 9.79 Å². The van der Waals surface area contributed by atoms with E-state index in [0.717, 1.165) is 21.5 Å². The zero-order valence-electron chi connectivity index (χ0n) is 10.2. The topological polar surface area (TPSA) is 33.6 Å². The van der Waals surface area contributed by atoms with Gasteiger partial charge in [-0.1, -0.05) is 35.9 Å². The third-order valence-corrected chi connectivity index (χ3v) is 4.03. The smallest absolute Gasteiger partial charge is 0.200 e. The fraction of sp³-hybridized carbons (Fsp3) is 0. The zero-order chi connectivity index (χ0) is 14.1. The summed E-state index contributed by atoms with van der Waals surface area (Å²) in [5, 5.41) is 7.81. The number of aromatic nitrogens is 3. The van der Waals surface area contributed by atoms with Gasteiger partial charge in [0.1, 0.15) is 0 Å². The predicted molar refractivity (Wildman–Crippen MR) is 86.9 cm³/mol. The van der Waals surface area contributed by atoms with Crippen molar-refractivity contribution in [3.05, 3.63) is 62.8 Å². The Labute approximate surface area is 134 Å².